The SMILES string of the molecule is CNc1ccc(O)c(NC(=O)c2cc(O)cc(C(C)=O)c2)c1. The van der Waals surface area contributed by atoms with Gasteiger partial charge in [-0.3, -0.25) is 9.59 Å². The monoisotopic (exact) mass is 300 g/mol. The molecule has 1 amide bonds. The van der Waals surface area contributed by atoms with Crippen molar-refractivity contribution in [2.75, 3.05) is 17.7 Å². The molecule has 6 nitrogen and oxygen atoms in total. The van der Waals surface area contributed by atoms with Gasteiger partial charge in [0.15, 0.2) is 5.78 Å². The Kier molecular flexibility index (Phi) is 4.31. The van der Waals surface area contributed by atoms with Crippen LogP contribution in [0.15, 0.2) is 36.4 Å². The van der Waals surface area contributed by atoms with E-state index in [0.717, 1.165) is 0 Å². The third-order valence-electron chi connectivity index (χ3n) is 3.12. The molecule has 22 heavy (non-hydrogen) atoms. The molecule has 114 valence electrons. The third-order valence-corrected chi connectivity index (χ3v) is 3.12. The molecular weight excluding hydrogens is 284 g/mol. The van der Waals surface area contributed by atoms with Gasteiger partial charge in [-0.15, -0.1) is 0 Å². The minimum Gasteiger partial charge on any atom is -0.508 e. The summed E-state index contributed by atoms with van der Waals surface area (Å²) in [5, 5.41) is 24.8. The number of anilines is 2. The number of phenols is 2. The van der Waals surface area contributed by atoms with Gasteiger partial charge in [-0.2, -0.15) is 0 Å². The highest BCUT2D eigenvalue weighted by Crippen LogP contribution is 2.27. The lowest BCUT2D eigenvalue weighted by atomic mass is 10.1. The maximum atomic E-state index is 12.2. The summed E-state index contributed by atoms with van der Waals surface area (Å²) in [4.78, 5) is 23.6. The van der Waals surface area contributed by atoms with E-state index in [0.29, 0.717) is 5.69 Å². The van der Waals surface area contributed by atoms with Gasteiger partial charge >= 0.3 is 0 Å². The quantitative estimate of drug-likeness (QED) is 0.395. The first-order valence-corrected chi connectivity index (χ1v) is 6.58. The van der Waals surface area contributed by atoms with E-state index < -0.39 is 5.91 Å². The Morgan fingerprint density at radius 1 is 1.00 bits per heavy atom. The van der Waals surface area contributed by atoms with E-state index in [1.807, 2.05) is 0 Å². The summed E-state index contributed by atoms with van der Waals surface area (Å²) < 4.78 is 0. The predicted octanol–water partition coefficient (Wildman–Crippen LogP) is 2.59. The Balaban J connectivity index is 2.31. The average Bonchev–Trinajstić information content (AvgIpc) is 2.48. The molecule has 0 spiro atoms. The second-order valence-corrected chi connectivity index (χ2v) is 4.76. The van der Waals surface area contributed by atoms with E-state index in [1.54, 1.807) is 19.2 Å². The van der Waals surface area contributed by atoms with Crippen molar-refractivity contribution >= 4 is 23.1 Å². The number of Topliss-reactive ketones (excluding diaryl/α,β-unsaturated/α-hetero) is 1. The zero-order chi connectivity index (χ0) is 16.3. The van der Waals surface area contributed by atoms with Gasteiger partial charge in [-0.05, 0) is 43.3 Å². The predicted molar refractivity (Wildman–Crippen MR) is 83.7 cm³/mol. The van der Waals surface area contributed by atoms with Gasteiger partial charge in [0, 0.05) is 23.9 Å². The van der Waals surface area contributed by atoms with Crippen LogP contribution in [-0.4, -0.2) is 29.0 Å². The smallest absolute Gasteiger partial charge is 0.255 e. The number of carbonyl (C=O) groups excluding carboxylic acids is 2. The van der Waals surface area contributed by atoms with Crippen LogP contribution < -0.4 is 10.6 Å². The minimum absolute atomic E-state index is 0.0840. The third kappa shape index (κ3) is 3.35. The molecule has 0 unspecified atom stereocenters. The van der Waals surface area contributed by atoms with E-state index in [9.17, 15) is 19.8 Å². The number of aromatic hydroxyl groups is 2. The molecule has 0 radical (unpaired) electrons. The van der Waals surface area contributed by atoms with Crippen LogP contribution in [0, 0.1) is 0 Å². The molecule has 0 saturated heterocycles. The molecule has 0 aromatic heterocycles. The Morgan fingerprint density at radius 3 is 2.32 bits per heavy atom. The molecular formula is C16H16N2O4. The van der Waals surface area contributed by atoms with Crippen molar-refractivity contribution in [3.8, 4) is 11.5 Å². The number of phenolic OH excluding ortho intramolecular Hbond substituents is 2. The molecule has 0 aliphatic carbocycles. The summed E-state index contributed by atoms with van der Waals surface area (Å²) in [7, 11) is 1.71. The van der Waals surface area contributed by atoms with Crippen LogP contribution >= 0.6 is 0 Å². The Labute approximate surface area is 127 Å². The maximum absolute atomic E-state index is 12.2. The van der Waals surface area contributed by atoms with Crippen LogP contribution in [0.4, 0.5) is 11.4 Å². The summed E-state index contributed by atoms with van der Waals surface area (Å²) in [5.41, 5.74) is 1.30. The van der Waals surface area contributed by atoms with Crippen molar-refractivity contribution in [3.63, 3.8) is 0 Å². The standard InChI is InChI=1S/C16H16N2O4/c1-9(19)10-5-11(7-13(20)6-10)16(22)18-14-8-12(17-2)3-4-15(14)21/h3-8,17,20-21H,1-2H3,(H,18,22). The molecule has 0 atom stereocenters. The largest absolute Gasteiger partial charge is 0.508 e. The second kappa shape index (κ2) is 6.17. The summed E-state index contributed by atoms with van der Waals surface area (Å²) >= 11 is 0. The summed E-state index contributed by atoms with van der Waals surface area (Å²) in [6.07, 6.45) is 0. The highest BCUT2D eigenvalue weighted by molar-refractivity contribution is 6.07. The van der Waals surface area contributed by atoms with Gasteiger partial charge in [0.1, 0.15) is 11.5 Å². The highest BCUT2D eigenvalue weighted by Gasteiger charge is 2.13. The van der Waals surface area contributed by atoms with Gasteiger partial charge in [0.05, 0.1) is 5.69 Å². The molecule has 0 saturated carbocycles. The molecule has 2 rings (SSSR count). The molecule has 0 aliphatic rings. The van der Waals surface area contributed by atoms with E-state index in [1.165, 1.54) is 31.2 Å². The number of hydrogen-bond acceptors (Lipinski definition) is 5. The lowest BCUT2D eigenvalue weighted by Gasteiger charge is -2.10. The zero-order valence-electron chi connectivity index (χ0n) is 12.2. The van der Waals surface area contributed by atoms with Crippen LogP contribution in [0.3, 0.4) is 0 Å². The second-order valence-electron chi connectivity index (χ2n) is 4.76. The first-order valence-electron chi connectivity index (χ1n) is 6.58. The van der Waals surface area contributed by atoms with Crippen LogP contribution in [0.5, 0.6) is 11.5 Å². The number of benzene rings is 2. The lowest BCUT2D eigenvalue weighted by molar-refractivity contribution is 0.101. The fraction of sp³-hybridized carbons (Fsp3) is 0.125. The number of carbonyl (C=O) groups is 2. The number of rotatable bonds is 4. The van der Waals surface area contributed by atoms with Crippen molar-refractivity contribution in [3.05, 3.63) is 47.5 Å². The van der Waals surface area contributed by atoms with Crippen molar-refractivity contribution < 1.29 is 19.8 Å². The van der Waals surface area contributed by atoms with Gasteiger partial charge < -0.3 is 20.8 Å². The average molecular weight is 300 g/mol. The molecule has 6 heteroatoms. The van der Waals surface area contributed by atoms with E-state index >= 15 is 0 Å². The topological polar surface area (TPSA) is 98.7 Å². The number of nitrogens with one attached hydrogen (secondary N) is 2. The van der Waals surface area contributed by atoms with Crippen LogP contribution in [-0.2, 0) is 0 Å². The fourth-order valence-corrected chi connectivity index (χ4v) is 1.93. The van der Waals surface area contributed by atoms with Crippen LogP contribution in [0.2, 0.25) is 0 Å². The van der Waals surface area contributed by atoms with Crippen LogP contribution in [0.25, 0.3) is 0 Å². The van der Waals surface area contributed by atoms with Gasteiger partial charge in [-0.25, -0.2) is 0 Å². The molecule has 2 aromatic carbocycles. The Bertz CT molecular complexity index is 741. The van der Waals surface area contributed by atoms with E-state index in [2.05, 4.69) is 10.6 Å². The molecule has 0 bridgehead atoms. The first kappa shape index (κ1) is 15.4. The molecule has 0 fully saturated rings. The number of amides is 1. The highest BCUT2D eigenvalue weighted by atomic mass is 16.3. The molecule has 0 heterocycles. The number of hydrogen-bond donors (Lipinski definition) is 4. The van der Waals surface area contributed by atoms with Gasteiger partial charge in [0.2, 0.25) is 0 Å². The molecule has 2 aromatic rings. The van der Waals surface area contributed by atoms with Crippen molar-refractivity contribution in [2.24, 2.45) is 0 Å². The molecule has 4 N–H and O–H groups in total. The summed E-state index contributed by atoms with van der Waals surface area (Å²) in [6.45, 7) is 1.35. The normalized spacial score (nSPS) is 10.1. The minimum atomic E-state index is -0.540. The Hall–Kier alpha value is -3.02. The lowest BCUT2D eigenvalue weighted by Crippen LogP contribution is -2.13. The van der Waals surface area contributed by atoms with Gasteiger partial charge in [0.25, 0.3) is 5.91 Å². The van der Waals surface area contributed by atoms with Crippen molar-refractivity contribution in [1.29, 1.82) is 0 Å². The Morgan fingerprint density at radius 2 is 1.68 bits per heavy atom. The summed E-state index contributed by atoms with van der Waals surface area (Å²) in [5.74, 6) is -1.06. The van der Waals surface area contributed by atoms with Crippen LogP contribution in [0.1, 0.15) is 27.6 Å². The fourth-order valence-electron chi connectivity index (χ4n) is 1.93. The molecule has 0 aliphatic heterocycles. The van der Waals surface area contributed by atoms with E-state index in [-0.39, 0.29) is 34.1 Å². The maximum Gasteiger partial charge on any atom is 0.255 e. The summed E-state index contributed by atoms with van der Waals surface area (Å²) in [6, 6.07) is 8.61. The van der Waals surface area contributed by atoms with Crippen molar-refractivity contribution in [1.82, 2.24) is 0 Å². The van der Waals surface area contributed by atoms with E-state index in [4.69, 9.17) is 0 Å². The van der Waals surface area contributed by atoms with Gasteiger partial charge in [-0.1, -0.05) is 0 Å². The number of ketones is 1. The van der Waals surface area contributed by atoms with Crippen molar-refractivity contribution in [2.45, 2.75) is 6.92 Å². The zero-order valence-corrected chi connectivity index (χ0v) is 12.2. The first-order chi connectivity index (χ1) is 10.4.